The molecular formula is C12H22N2S. The highest BCUT2D eigenvalue weighted by Crippen LogP contribution is 2.07. The Morgan fingerprint density at radius 2 is 2.27 bits per heavy atom. The third-order valence-electron chi connectivity index (χ3n) is 2.26. The first-order valence-corrected chi connectivity index (χ1v) is 6.53. The predicted molar refractivity (Wildman–Crippen MR) is 68.4 cm³/mol. The number of nitrogens with zero attached hydrogens (tertiary/aromatic N) is 1. The van der Waals surface area contributed by atoms with Gasteiger partial charge in [-0.25, -0.2) is 0 Å². The van der Waals surface area contributed by atoms with Gasteiger partial charge in [0.2, 0.25) is 0 Å². The minimum atomic E-state index is 0.743. The molecule has 0 aliphatic rings. The first kappa shape index (κ1) is 12.7. The molecule has 0 aliphatic carbocycles. The van der Waals surface area contributed by atoms with Crippen LogP contribution < -0.4 is 5.32 Å². The van der Waals surface area contributed by atoms with E-state index in [1.165, 1.54) is 5.56 Å². The Bertz CT molecular complexity index is 244. The van der Waals surface area contributed by atoms with Crippen molar-refractivity contribution in [3.8, 4) is 0 Å². The second-order valence-corrected chi connectivity index (χ2v) is 5.25. The monoisotopic (exact) mass is 226 g/mol. The molecule has 0 saturated carbocycles. The van der Waals surface area contributed by atoms with Crippen molar-refractivity contribution in [1.82, 2.24) is 10.2 Å². The summed E-state index contributed by atoms with van der Waals surface area (Å²) in [6.45, 7) is 8.85. The van der Waals surface area contributed by atoms with E-state index in [-0.39, 0.29) is 0 Å². The van der Waals surface area contributed by atoms with Crippen molar-refractivity contribution < 1.29 is 0 Å². The summed E-state index contributed by atoms with van der Waals surface area (Å²) < 4.78 is 0. The lowest BCUT2D eigenvalue weighted by Gasteiger charge is -2.16. The van der Waals surface area contributed by atoms with Gasteiger partial charge in [0.25, 0.3) is 0 Å². The molecule has 0 aliphatic heterocycles. The normalized spacial score (nSPS) is 11.5. The molecule has 2 nitrogen and oxygen atoms in total. The van der Waals surface area contributed by atoms with E-state index >= 15 is 0 Å². The molecule has 0 aromatic carbocycles. The maximum atomic E-state index is 3.46. The highest BCUT2D eigenvalue weighted by molar-refractivity contribution is 7.07. The Labute approximate surface area is 97.3 Å². The summed E-state index contributed by atoms with van der Waals surface area (Å²) in [6, 6.07) is 2.20. The zero-order chi connectivity index (χ0) is 11.1. The van der Waals surface area contributed by atoms with Crippen LogP contribution in [-0.2, 0) is 6.54 Å². The molecule has 1 N–H and O–H groups in total. The first-order valence-electron chi connectivity index (χ1n) is 5.59. The van der Waals surface area contributed by atoms with E-state index in [4.69, 9.17) is 0 Å². The lowest BCUT2D eigenvalue weighted by atomic mass is 10.2. The fraction of sp³-hybridized carbons (Fsp3) is 0.667. The van der Waals surface area contributed by atoms with Crippen LogP contribution in [0, 0.1) is 5.92 Å². The van der Waals surface area contributed by atoms with Crippen molar-refractivity contribution in [3.05, 3.63) is 22.4 Å². The number of hydrogen-bond acceptors (Lipinski definition) is 3. The molecule has 1 aromatic heterocycles. The van der Waals surface area contributed by atoms with E-state index in [0.717, 1.165) is 32.1 Å². The van der Waals surface area contributed by atoms with Gasteiger partial charge in [0.05, 0.1) is 0 Å². The van der Waals surface area contributed by atoms with Crippen LogP contribution in [0.25, 0.3) is 0 Å². The summed E-state index contributed by atoms with van der Waals surface area (Å²) in [5.41, 5.74) is 1.42. The van der Waals surface area contributed by atoms with Gasteiger partial charge in [-0.05, 0) is 41.9 Å². The van der Waals surface area contributed by atoms with Crippen LogP contribution in [0.1, 0.15) is 19.4 Å². The topological polar surface area (TPSA) is 15.3 Å². The Morgan fingerprint density at radius 3 is 2.87 bits per heavy atom. The Balaban J connectivity index is 2.06. The molecule has 1 aromatic rings. The zero-order valence-electron chi connectivity index (χ0n) is 9.99. The minimum absolute atomic E-state index is 0.743. The highest BCUT2D eigenvalue weighted by atomic mass is 32.1. The second kappa shape index (κ2) is 6.99. The van der Waals surface area contributed by atoms with Crippen molar-refractivity contribution in [2.45, 2.75) is 20.4 Å². The van der Waals surface area contributed by atoms with Crippen LogP contribution in [0.5, 0.6) is 0 Å². The maximum absolute atomic E-state index is 3.46. The first-order chi connectivity index (χ1) is 7.18. The number of likely N-dealkylation sites (N-methyl/N-ethyl adjacent to an activating group) is 1. The quantitative estimate of drug-likeness (QED) is 0.718. The van der Waals surface area contributed by atoms with Crippen molar-refractivity contribution in [1.29, 1.82) is 0 Å². The third-order valence-corrected chi connectivity index (χ3v) is 2.99. The van der Waals surface area contributed by atoms with Gasteiger partial charge in [-0.3, -0.25) is 0 Å². The predicted octanol–water partition coefficient (Wildman–Crippen LogP) is 2.43. The summed E-state index contributed by atoms with van der Waals surface area (Å²) >= 11 is 1.77. The van der Waals surface area contributed by atoms with Crippen LogP contribution in [-0.4, -0.2) is 31.6 Å². The Morgan fingerprint density at radius 1 is 1.47 bits per heavy atom. The van der Waals surface area contributed by atoms with Gasteiger partial charge in [0.1, 0.15) is 0 Å². The summed E-state index contributed by atoms with van der Waals surface area (Å²) in [7, 11) is 2.18. The lowest BCUT2D eigenvalue weighted by Crippen LogP contribution is -2.30. The second-order valence-electron chi connectivity index (χ2n) is 4.47. The molecule has 1 rings (SSSR count). The van der Waals surface area contributed by atoms with E-state index in [9.17, 15) is 0 Å². The number of nitrogens with one attached hydrogen (secondary N) is 1. The van der Waals surface area contributed by atoms with Crippen LogP contribution >= 0.6 is 11.3 Å². The summed E-state index contributed by atoms with van der Waals surface area (Å²) in [6.07, 6.45) is 0. The molecule has 0 bridgehead atoms. The van der Waals surface area contributed by atoms with Gasteiger partial charge in [0, 0.05) is 19.6 Å². The summed E-state index contributed by atoms with van der Waals surface area (Å²) in [5, 5.41) is 7.82. The highest BCUT2D eigenvalue weighted by Gasteiger charge is 2.00. The van der Waals surface area contributed by atoms with Crippen LogP contribution in [0.3, 0.4) is 0 Å². The van der Waals surface area contributed by atoms with E-state index in [1.54, 1.807) is 11.3 Å². The van der Waals surface area contributed by atoms with Crippen LogP contribution in [0.2, 0.25) is 0 Å². The molecule has 1 heterocycles. The molecule has 0 atom stereocenters. The average molecular weight is 226 g/mol. The van der Waals surface area contributed by atoms with Crippen molar-refractivity contribution in [2.75, 3.05) is 26.7 Å². The average Bonchev–Trinajstić information content (AvgIpc) is 2.64. The molecule has 15 heavy (non-hydrogen) atoms. The largest absolute Gasteiger partial charge is 0.315 e. The zero-order valence-corrected chi connectivity index (χ0v) is 10.8. The molecule has 86 valence electrons. The van der Waals surface area contributed by atoms with Gasteiger partial charge in [-0.2, -0.15) is 11.3 Å². The smallest absolute Gasteiger partial charge is 0.0239 e. The van der Waals surface area contributed by atoms with E-state index in [2.05, 4.69) is 47.9 Å². The van der Waals surface area contributed by atoms with Crippen LogP contribution in [0.15, 0.2) is 16.8 Å². The molecule has 0 unspecified atom stereocenters. The van der Waals surface area contributed by atoms with Crippen molar-refractivity contribution >= 4 is 11.3 Å². The fourth-order valence-corrected chi connectivity index (χ4v) is 2.09. The third kappa shape index (κ3) is 5.92. The van der Waals surface area contributed by atoms with E-state index < -0.39 is 0 Å². The molecule has 3 heteroatoms. The molecule has 0 saturated heterocycles. The van der Waals surface area contributed by atoms with E-state index in [0.29, 0.717) is 0 Å². The van der Waals surface area contributed by atoms with Gasteiger partial charge in [-0.15, -0.1) is 0 Å². The van der Waals surface area contributed by atoms with Gasteiger partial charge >= 0.3 is 0 Å². The molecular weight excluding hydrogens is 204 g/mol. The van der Waals surface area contributed by atoms with Gasteiger partial charge in [0.15, 0.2) is 0 Å². The van der Waals surface area contributed by atoms with Crippen molar-refractivity contribution in [2.24, 2.45) is 5.92 Å². The van der Waals surface area contributed by atoms with Crippen molar-refractivity contribution in [3.63, 3.8) is 0 Å². The molecule has 0 radical (unpaired) electrons. The Hall–Kier alpha value is -0.380. The minimum Gasteiger partial charge on any atom is -0.315 e. The maximum Gasteiger partial charge on any atom is 0.0239 e. The van der Waals surface area contributed by atoms with Gasteiger partial charge in [-0.1, -0.05) is 13.8 Å². The molecule has 0 fully saturated rings. The lowest BCUT2D eigenvalue weighted by molar-refractivity contribution is 0.322. The number of thiophene rings is 1. The van der Waals surface area contributed by atoms with Crippen LogP contribution in [0.4, 0.5) is 0 Å². The SMILES string of the molecule is CC(C)CNCCN(C)Cc1ccsc1. The van der Waals surface area contributed by atoms with Gasteiger partial charge < -0.3 is 10.2 Å². The number of rotatable bonds is 7. The molecule has 0 amide bonds. The summed E-state index contributed by atoms with van der Waals surface area (Å²) in [4.78, 5) is 2.36. The number of hydrogen-bond donors (Lipinski definition) is 1. The molecule has 0 spiro atoms. The van der Waals surface area contributed by atoms with E-state index in [1.807, 2.05) is 0 Å². The summed E-state index contributed by atoms with van der Waals surface area (Å²) in [5.74, 6) is 0.743. The standard InChI is InChI=1S/C12H22N2S/c1-11(2)8-13-5-6-14(3)9-12-4-7-15-10-12/h4,7,10-11,13H,5-6,8-9H2,1-3H3. The fourth-order valence-electron chi connectivity index (χ4n) is 1.43. The Kier molecular flexibility index (Phi) is 5.91.